The van der Waals surface area contributed by atoms with E-state index in [-0.39, 0.29) is 5.97 Å². The van der Waals surface area contributed by atoms with Gasteiger partial charge in [-0.25, -0.2) is 4.79 Å². The van der Waals surface area contributed by atoms with Crippen LogP contribution in [0.1, 0.15) is 27.7 Å². The van der Waals surface area contributed by atoms with Crippen LogP contribution in [0.25, 0.3) is 0 Å². The van der Waals surface area contributed by atoms with Gasteiger partial charge in [-0.3, -0.25) is 4.79 Å². The summed E-state index contributed by atoms with van der Waals surface area (Å²) >= 11 is 3.80. The fraction of sp³-hybridized carbons (Fsp3) is 0.636. The van der Waals surface area contributed by atoms with Gasteiger partial charge < -0.3 is 9.84 Å². The molecule has 0 atom stereocenters. The molecule has 0 aromatic rings. The predicted octanol–water partition coefficient (Wildman–Crippen LogP) is 3.14. The van der Waals surface area contributed by atoms with Crippen LogP contribution in [0.2, 0.25) is 0 Å². The highest BCUT2D eigenvalue weighted by Crippen LogP contribution is 2.54. The number of carboxylic acid groups (broad SMARTS) is 1. The van der Waals surface area contributed by atoms with Crippen LogP contribution in [0.15, 0.2) is 9.14 Å². The molecule has 0 aliphatic carbocycles. The van der Waals surface area contributed by atoms with Gasteiger partial charge in [0.2, 0.25) is 0 Å². The summed E-state index contributed by atoms with van der Waals surface area (Å²) in [5.74, 6) is -0.483. The average Bonchev–Trinajstić information content (AvgIpc) is 2.10. The molecule has 0 radical (unpaired) electrons. The molecule has 0 spiro atoms. The number of hydrogen-bond acceptors (Lipinski definition) is 6. The van der Waals surface area contributed by atoms with Crippen molar-refractivity contribution in [2.45, 2.75) is 37.9 Å². The summed E-state index contributed by atoms with van der Waals surface area (Å²) in [6.45, 7) is 7.37. The van der Waals surface area contributed by atoms with Crippen LogP contribution in [-0.2, 0) is 14.3 Å². The van der Waals surface area contributed by atoms with Gasteiger partial charge in [0.05, 0.1) is 4.24 Å². The molecule has 0 amide bonds. The van der Waals surface area contributed by atoms with E-state index in [0.717, 1.165) is 9.99 Å². The predicted molar refractivity (Wildman–Crippen MR) is 77.6 cm³/mol. The third-order valence-electron chi connectivity index (χ3n) is 1.69. The standard InChI is InChI=1S/C11H16O4S3/c1-5-16-6(8(14)15-11(2,3)4)9-17-10(18-9)7(12)13/h10H,5H2,1-4H3,(H,12,13). The number of rotatable bonds is 4. The summed E-state index contributed by atoms with van der Waals surface area (Å²) in [6, 6.07) is 0. The van der Waals surface area contributed by atoms with Gasteiger partial charge in [-0.2, -0.15) is 0 Å². The Morgan fingerprint density at radius 1 is 1.39 bits per heavy atom. The van der Waals surface area contributed by atoms with Crippen molar-refractivity contribution in [2.75, 3.05) is 5.75 Å². The lowest BCUT2D eigenvalue weighted by molar-refractivity contribution is -0.149. The number of aliphatic carboxylic acids is 1. The van der Waals surface area contributed by atoms with Gasteiger partial charge in [0, 0.05) is 0 Å². The van der Waals surface area contributed by atoms with Crippen molar-refractivity contribution in [3.8, 4) is 0 Å². The summed E-state index contributed by atoms with van der Waals surface area (Å²) < 4.78 is 5.56. The fourth-order valence-electron chi connectivity index (χ4n) is 1.08. The van der Waals surface area contributed by atoms with E-state index in [1.54, 1.807) is 0 Å². The number of thioether (sulfide) groups is 3. The van der Waals surface area contributed by atoms with Gasteiger partial charge in [-0.05, 0) is 26.5 Å². The molecule has 0 aromatic heterocycles. The Morgan fingerprint density at radius 3 is 2.33 bits per heavy atom. The first-order chi connectivity index (χ1) is 8.24. The first kappa shape index (κ1) is 15.8. The van der Waals surface area contributed by atoms with Crippen molar-refractivity contribution in [1.29, 1.82) is 0 Å². The Hall–Kier alpha value is -0.270. The molecule has 0 saturated carbocycles. The van der Waals surface area contributed by atoms with E-state index in [9.17, 15) is 9.59 Å². The lowest BCUT2D eigenvalue weighted by Crippen LogP contribution is -2.26. The number of carbonyl (C=O) groups is 2. The van der Waals surface area contributed by atoms with E-state index >= 15 is 0 Å². The number of hydrogen-bond donors (Lipinski definition) is 1. The topological polar surface area (TPSA) is 63.6 Å². The second-order valence-electron chi connectivity index (χ2n) is 4.46. The molecular formula is C11H16O4S3. The minimum absolute atomic E-state index is 0.367. The molecule has 0 bridgehead atoms. The smallest absolute Gasteiger partial charge is 0.346 e. The van der Waals surface area contributed by atoms with Crippen molar-refractivity contribution in [1.82, 2.24) is 0 Å². The van der Waals surface area contributed by atoms with Crippen LogP contribution < -0.4 is 0 Å². The van der Waals surface area contributed by atoms with Crippen LogP contribution in [0.4, 0.5) is 0 Å². The Kier molecular flexibility index (Phi) is 5.48. The van der Waals surface area contributed by atoms with Gasteiger partial charge in [0.25, 0.3) is 0 Å². The summed E-state index contributed by atoms with van der Waals surface area (Å²) in [4.78, 5) is 23.2. The van der Waals surface area contributed by atoms with Crippen LogP contribution in [-0.4, -0.2) is 33.0 Å². The fourth-order valence-corrected chi connectivity index (χ4v) is 4.14. The van der Waals surface area contributed by atoms with Crippen molar-refractivity contribution >= 4 is 47.2 Å². The highest BCUT2D eigenvalue weighted by atomic mass is 32.3. The van der Waals surface area contributed by atoms with Crippen LogP contribution in [0.5, 0.6) is 0 Å². The Morgan fingerprint density at radius 2 is 1.94 bits per heavy atom. The molecule has 1 saturated heterocycles. The van der Waals surface area contributed by atoms with Gasteiger partial charge in [-0.1, -0.05) is 30.4 Å². The third kappa shape index (κ3) is 4.44. The van der Waals surface area contributed by atoms with Crippen LogP contribution in [0, 0.1) is 0 Å². The zero-order valence-electron chi connectivity index (χ0n) is 10.7. The quantitative estimate of drug-likeness (QED) is 0.632. The monoisotopic (exact) mass is 308 g/mol. The zero-order chi connectivity index (χ0) is 13.9. The highest BCUT2D eigenvalue weighted by molar-refractivity contribution is 8.39. The lowest BCUT2D eigenvalue weighted by Gasteiger charge is -2.27. The minimum Gasteiger partial charge on any atom is -0.480 e. The van der Waals surface area contributed by atoms with Crippen LogP contribution >= 0.6 is 35.3 Å². The van der Waals surface area contributed by atoms with Crippen molar-refractivity contribution in [3.05, 3.63) is 9.14 Å². The minimum atomic E-state index is -0.862. The number of carboxylic acids is 1. The molecule has 1 aliphatic rings. The molecule has 1 aliphatic heterocycles. The average molecular weight is 308 g/mol. The second kappa shape index (κ2) is 6.25. The Labute approximate surface area is 119 Å². The molecule has 18 heavy (non-hydrogen) atoms. The first-order valence-corrected chi connectivity index (χ1v) is 8.15. The largest absolute Gasteiger partial charge is 0.480 e. The maximum atomic E-state index is 12.0. The molecule has 4 nitrogen and oxygen atoms in total. The van der Waals surface area contributed by atoms with Gasteiger partial charge in [-0.15, -0.1) is 11.8 Å². The van der Waals surface area contributed by atoms with Gasteiger partial charge >= 0.3 is 11.9 Å². The van der Waals surface area contributed by atoms with E-state index in [0.29, 0.717) is 4.91 Å². The molecule has 1 rings (SSSR count). The summed E-state index contributed by atoms with van der Waals surface area (Å²) in [5.41, 5.74) is -0.539. The maximum Gasteiger partial charge on any atom is 0.346 e. The number of esters is 1. The van der Waals surface area contributed by atoms with Gasteiger partial charge in [0.15, 0.2) is 4.58 Å². The first-order valence-electron chi connectivity index (χ1n) is 5.41. The maximum absolute atomic E-state index is 12.0. The molecule has 7 heteroatoms. The SMILES string of the molecule is CCSC(C(=O)OC(C)(C)C)=C1SC(C(=O)O)S1. The Balaban J connectivity index is 2.75. The summed E-state index contributed by atoms with van der Waals surface area (Å²) in [5, 5.41) is 8.80. The van der Waals surface area contributed by atoms with Crippen LogP contribution in [0.3, 0.4) is 0 Å². The molecule has 1 fully saturated rings. The van der Waals surface area contributed by atoms with E-state index in [1.165, 1.54) is 35.3 Å². The second-order valence-corrected chi connectivity index (χ2v) is 8.52. The summed E-state index contributed by atoms with van der Waals surface area (Å²) in [7, 11) is 0. The van der Waals surface area contributed by atoms with E-state index in [2.05, 4.69) is 0 Å². The van der Waals surface area contributed by atoms with E-state index in [4.69, 9.17) is 9.84 Å². The Bertz CT molecular complexity index is 376. The normalized spacial score (nSPS) is 19.1. The molecule has 102 valence electrons. The molecule has 0 unspecified atom stereocenters. The van der Waals surface area contributed by atoms with Crippen molar-refractivity contribution < 1.29 is 19.4 Å². The molecular weight excluding hydrogens is 292 g/mol. The molecule has 1 heterocycles. The third-order valence-corrected chi connectivity index (χ3v) is 5.72. The highest BCUT2D eigenvalue weighted by Gasteiger charge is 2.36. The number of ether oxygens (including phenoxy) is 1. The number of carbonyl (C=O) groups excluding carboxylic acids is 1. The molecule has 1 N–H and O–H groups in total. The van der Waals surface area contributed by atoms with E-state index in [1.807, 2.05) is 27.7 Å². The summed E-state index contributed by atoms with van der Waals surface area (Å²) in [6.07, 6.45) is 0. The van der Waals surface area contributed by atoms with Gasteiger partial charge in [0.1, 0.15) is 10.5 Å². The van der Waals surface area contributed by atoms with Crippen molar-refractivity contribution in [3.63, 3.8) is 0 Å². The zero-order valence-corrected chi connectivity index (χ0v) is 13.1. The molecule has 0 aromatic carbocycles. The van der Waals surface area contributed by atoms with E-state index < -0.39 is 16.2 Å². The lowest BCUT2D eigenvalue weighted by atomic mass is 10.2. The van der Waals surface area contributed by atoms with Crippen molar-refractivity contribution in [2.24, 2.45) is 0 Å².